The minimum Gasteiger partial charge on any atom is -0.477 e. The fraction of sp³-hybridized carbons (Fsp3) is 0.444. The van der Waals surface area contributed by atoms with Crippen LogP contribution in [0.1, 0.15) is 43.0 Å². The highest BCUT2D eigenvalue weighted by atomic mass is 19.1. The molecule has 0 radical (unpaired) electrons. The zero-order valence-electron chi connectivity index (χ0n) is 14.1. The van der Waals surface area contributed by atoms with E-state index < -0.39 is 17.2 Å². The van der Waals surface area contributed by atoms with Gasteiger partial charge in [-0.05, 0) is 31.9 Å². The smallest absolute Gasteiger partial charge is 0.341 e. The molecule has 25 heavy (non-hydrogen) atoms. The van der Waals surface area contributed by atoms with Gasteiger partial charge in [-0.1, -0.05) is 12.8 Å². The summed E-state index contributed by atoms with van der Waals surface area (Å²) in [6.45, 7) is 2.30. The number of aromatic nitrogens is 1. The summed E-state index contributed by atoms with van der Waals surface area (Å²) in [5.74, 6) is -1.89. The normalized spacial score (nSPS) is 20.6. The second-order valence-electron chi connectivity index (χ2n) is 6.51. The lowest BCUT2D eigenvalue weighted by Gasteiger charge is -2.30. The van der Waals surface area contributed by atoms with Crippen LogP contribution < -0.4 is 16.5 Å². The highest BCUT2D eigenvalue weighted by Gasteiger charge is 2.23. The van der Waals surface area contributed by atoms with Crippen LogP contribution in [0, 0.1) is 5.82 Å². The van der Waals surface area contributed by atoms with Gasteiger partial charge in [-0.15, -0.1) is 0 Å². The van der Waals surface area contributed by atoms with Crippen molar-refractivity contribution in [3.05, 3.63) is 39.9 Å². The number of rotatable bonds is 4. The van der Waals surface area contributed by atoms with E-state index in [0.717, 1.165) is 31.7 Å². The number of hydrogen-bond donors (Lipinski definition) is 3. The van der Waals surface area contributed by atoms with E-state index in [2.05, 4.69) is 5.32 Å². The monoisotopic (exact) mass is 347 g/mol. The molecule has 1 saturated carbocycles. The molecule has 1 aliphatic carbocycles. The van der Waals surface area contributed by atoms with E-state index in [9.17, 15) is 19.1 Å². The van der Waals surface area contributed by atoms with Gasteiger partial charge in [0.1, 0.15) is 11.4 Å². The molecule has 4 N–H and O–H groups in total. The lowest BCUT2D eigenvalue weighted by Crippen LogP contribution is -2.42. The largest absolute Gasteiger partial charge is 0.477 e. The van der Waals surface area contributed by atoms with Crippen LogP contribution in [0.25, 0.3) is 10.9 Å². The van der Waals surface area contributed by atoms with Gasteiger partial charge in [0.2, 0.25) is 5.43 Å². The van der Waals surface area contributed by atoms with Crippen molar-refractivity contribution in [1.29, 1.82) is 0 Å². The maximum Gasteiger partial charge on any atom is 0.341 e. The van der Waals surface area contributed by atoms with Crippen LogP contribution in [0.15, 0.2) is 23.1 Å². The summed E-state index contributed by atoms with van der Waals surface area (Å²) in [5.41, 5.74) is 5.88. The molecule has 0 amide bonds. The lowest BCUT2D eigenvalue weighted by atomic mass is 9.91. The number of fused-ring (bicyclic) bond motifs is 1. The summed E-state index contributed by atoms with van der Waals surface area (Å²) in [6, 6.07) is 2.64. The Labute approximate surface area is 144 Å². The van der Waals surface area contributed by atoms with Gasteiger partial charge in [-0.3, -0.25) is 4.79 Å². The molecule has 6 nitrogen and oxygen atoms in total. The highest BCUT2D eigenvalue weighted by molar-refractivity contribution is 5.93. The van der Waals surface area contributed by atoms with Gasteiger partial charge in [0, 0.05) is 30.2 Å². The van der Waals surface area contributed by atoms with Crippen LogP contribution in [0.5, 0.6) is 0 Å². The van der Waals surface area contributed by atoms with Gasteiger partial charge in [-0.25, -0.2) is 9.18 Å². The van der Waals surface area contributed by atoms with E-state index in [-0.39, 0.29) is 23.0 Å². The first kappa shape index (κ1) is 17.4. The number of carbonyl (C=O) groups is 1. The van der Waals surface area contributed by atoms with Crippen molar-refractivity contribution >= 4 is 22.6 Å². The first-order valence-electron chi connectivity index (χ1n) is 8.54. The van der Waals surface area contributed by atoms with Crippen LogP contribution in [0.3, 0.4) is 0 Å². The molecule has 1 aromatic carbocycles. The van der Waals surface area contributed by atoms with E-state index in [0.29, 0.717) is 17.7 Å². The van der Waals surface area contributed by atoms with Crippen molar-refractivity contribution in [1.82, 2.24) is 4.57 Å². The Morgan fingerprint density at radius 1 is 1.40 bits per heavy atom. The standard InChI is InChI=1S/C18H22FN3O3/c1-2-22-9-11(18(24)25)17(23)10-7-12(19)15(8-16(10)22)21-14-6-4-3-5-13(14)20/h7-9,13-14,21H,2-6,20H2,1H3,(H,24,25). The SMILES string of the molecule is CCn1cc(C(=O)O)c(=O)c2cc(F)c(NC3CCCCC3N)cc21. The Bertz CT molecular complexity index is 878. The zero-order valence-corrected chi connectivity index (χ0v) is 14.1. The van der Waals surface area contributed by atoms with Gasteiger partial charge in [0.05, 0.1) is 11.2 Å². The fourth-order valence-corrected chi connectivity index (χ4v) is 3.47. The average molecular weight is 347 g/mol. The Morgan fingerprint density at radius 3 is 2.76 bits per heavy atom. The molecule has 3 rings (SSSR count). The molecule has 0 aliphatic heterocycles. The number of halogens is 1. The fourth-order valence-electron chi connectivity index (χ4n) is 3.47. The third-order valence-corrected chi connectivity index (χ3v) is 4.90. The molecule has 2 unspecified atom stereocenters. The number of nitrogens with zero attached hydrogens (tertiary/aromatic N) is 1. The quantitative estimate of drug-likeness (QED) is 0.790. The Morgan fingerprint density at radius 2 is 2.12 bits per heavy atom. The van der Waals surface area contributed by atoms with Crippen LogP contribution in [0.4, 0.5) is 10.1 Å². The van der Waals surface area contributed by atoms with Crippen LogP contribution in [0.2, 0.25) is 0 Å². The Kier molecular flexibility index (Phi) is 4.76. The number of pyridine rings is 1. The van der Waals surface area contributed by atoms with Gasteiger partial charge in [-0.2, -0.15) is 0 Å². The van der Waals surface area contributed by atoms with E-state index in [1.807, 2.05) is 6.92 Å². The number of carboxylic acid groups (broad SMARTS) is 1. The third-order valence-electron chi connectivity index (χ3n) is 4.90. The maximum absolute atomic E-state index is 14.6. The Balaban J connectivity index is 2.10. The minimum atomic E-state index is -1.31. The maximum atomic E-state index is 14.6. The number of nitrogens with two attached hydrogens (primary N) is 1. The van der Waals surface area contributed by atoms with Crippen LogP contribution in [-0.2, 0) is 6.54 Å². The molecular formula is C18H22FN3O3. The zero-order chi connectivity index (χ0) is 18.1. The third kappa shape index (κ3) is 3.24. The molecule has 0 spiro atoms. The number of aryl methyl sites for hydroxylation is 1. The lowest BCUT2D eigenvalue weighted by molar-refractivity contribution is 0.0695. The van der Waals surface area contributed by atoms with Crippen molar-refractivity contribution in [2.45, 2.75) is 51.2 Å². The molecule has 134 valence electrons. The van der Waals surface area contributed by atoms with Gasteiger partial charge < -0.3 is 20.7 Å². The Hall–Kier alpha value is -2.41. The molecule has 0 bridgehead atoms. The molecule has 7 heteroatoms. The van der Waals surface area contributed by atoms with Crippen LogP contribution >= 0.6 is 0 Å². The number of anilines is 1. The highest BCUT2D eigenvalue weighted by Crippen LogP contribution is 2.26. The second kappa shape index (κ2) is 6.84. The summed E-state index contributed by atoms with van der Waals surface area (Å²) in [7, 11) is 0. The number of carboxylic acids is 1. The van der Waals surface area contributed by atoms with Crippen molar-refractivity contribution in [3.8, 4) is 0 Å². The van der Waals surface area contributed by atoms with E-state index >= 15 is 0 Å². The van der Waals surface area contributed by atoms with E-state index in [1.165, 1.54) is 6.20 Å². The van der Waals surface area contributed by atoms with Gasteiger partial charge >= 0.3 is 5.97 Å². The predicted octanol–water partition coefficient (Wildman–Crippen LogP) is 2.54. The number of nitrogens with one attached hydrogen (secondary N) is 1. The van der Waals surface area contributed by atoms with Gasteiger partial charge in [0.15, 0.2) is 0 Å². The molecule has 2 aromatic rings. The van der Waals surface area contributed by atoms with Gasteiger partial charge in [0.25, 0.3) is 0 Å². The number of benzene rings is 1. The van der Waals surface area contributed by atoms with Crippen molar-refractivity contribution in [2.24, 2.45) is 5.73 Å². The molecule has 2 atom stereocenters. The second-order valence-corrected chi connectivity index (χ2v) is 6.51. The molecular weight excluding hydrogens is 325 g/mol. The van der Waals surface area contributed by atoms with Crippen LogP contribution in [-0.4, -0.2) is 27.7 Å². The topological polar surface area (TPSA) is 97.3 Å². The predicted molar refractivity (Wildman–Crippen MR) is 94.7 cm³/mol. The van der Waals surface area contributed by atoms with Crippen molar-refractivity contribution in [2.75, 3.05) is 5.32 Å². The van der Waals surface area contributed by atoms with E-state index in [4.69, 9.17) is 5.73 Å². The molecule has 1 aromatic heterocycles. The molecule has 1 aliphatic rings. The summed E-state index contributed by atoms with van der Waals surface area (Å²) in [4.78, 5) is 23.6. The molecule has 1 heterocycles. The molecule has 1 fully saturated rings. The van der Waals surface area contributed by atoms with Crippen molar-refractivity contribution in [3.63, 3.8) is 0 Å². The van der Waals surface area contributed by atoms with E-state index in [1.54, 1.807) is 10.6 Å². The first-order chi connectivity index (χ1) is 11.9. The average Bonchev–Trinajstić information content (AvgIpc) is 2.58. The summed E-state index contributed by atoms with van der Waals surface area (Å²) < 4.78 is 16.2. The summed E-state index contributed by atoms with van der Waals surface area (Å²) >= 11 is 0. The van der Waals surface area contributed by atoms with Crippen molar-refractivity contribution < 1.29 is 14.3 Å². The number of aromatic carboxylic acids is 1. The minimum absolute atomic E-state index is 0.0132. The first-order valence-corrected chi connectivity index (χ1v) is 8.54. The number of hydrogen-bond acceptors (Lipinski definition) is 4. The summed E-state index contributed by atoms with van der Waals surface area (Å²) in [6.07, 6.45) is 5.20. The molecule has 0 saturated heterocycles. The summed E-state index contributed by atoms with van der Waals surface area (Å²) in [5, 5.41) is 12.4.